The van der Waals surface area contributed by atoms with E-state index < -0.39 is 23.8 Å². The van der Waals surface area contributed by atoms with Crippen molar-refractivity contribution < 1.29 is 32.3 Å². The van der Waals surface area contributed by atoms with Crippen molar-refractivity contribution in [3.8, 4) is 17.2 Å². The maximum Gasteiger partial charge on any atom is 0.416 e. The Labute approximate surface area is 169 Å². The van der Waals surface area contributed by atoms with Gasteiger partial charge in [-0.25, -0.2) is 0 Å². The van der Waals surface area contributed by atoms with E-state index in [0.29, 0.717) is 22.8 Å². The number of hydrogen-bond acceptors (Lipinski definition) is 6. The summed E-state index contributed by atoms with van der Waals surface area (Å²) in [6, 6.07) is 10.6. The molecule has 0 saturated heterocycles. The molecule has 0 aliphatic rings. The highest BCUT2D eigenvalue weighted by atomic mass is 19.4. The lowest BCUT2D eigenvalue weighted by Crippen LogP contribution is -2.35. The molecule has 0 aliphatic heterocycles. The number of aliphatic hydroxyl groups excluding tert-OH is 1. The van der Waals surface area contributed by atoms with E-state index in [9.17, 15) is 23.1 Å². The molecule has 0 aliphatic carbocycles. The summed E-state index contributed by atoms with van der Waals surface area (Å²) in [5.41, 5.74) is 0.242. The predicted octanol–water partition coefficient (Wildman–Crippen LogP) is 3.23. The van der Waals surface area contributed by atoms with Crippen LogP contribution in [0.2, 0.25) is 0 Å². The van der Waals surface area contributed by atoms with Gasteiger partial charge in [-0.3, -0.25) is 4.79 Å². The van der Waals surface area contributed by atoms with E-state index in [0.717, 1.165) is 12.1 Å². The Morgan fingerprint density at radius 3 is 2.40 bits per heavy atom. The average molecular weight is 421 g/mol. The van der Waals surface area contributed by atoms with Crippen LogP contribution in [-0.4, -0.2) is 40.4 Å². The molecule has 1 amide bonds. The first kappa shape index (κ1) is 21.3. The van der Waals surface area contributed by atoms with Gasteiger partial charge in [-0.1, -0.05) is 5.16 Å². The lowest BCUT2D eigenvalue weighted by atomic mass is 10.1. The molecule has 0 bridgehead atoms. The summed E-state index contributed by atoms with van der Waals surface area (Å²) in [4.78, 5) is 16.3. The van der Waals surface area contributed by atoms with Crippen LogP contribution in [0, 0.1) is 6.92 Å². The Kier molecular flexibility index (Phi) is 6.36. The predicted molar refractivity (Wildman–Crippen MR) is 99.8 cm³/mol. The molecular weight excluding hydrogens is 403 g/mol. The number of aliphatic hydroxyl groups is 1. The smallest absolute Gasteiger partial charge is 0.416 e. The van der Waals surface area contributed by atoms with Gasteiger partial charge in [-0.2, -0.15) is 18.2 Å². The minimum absolute atomic E-state index is 0.0932. The van der Waals surface area contributed by atoms with E-state index >= 15 is 0 Å². The Morgan fingerprint density at radius 1 is 1.17 bits per heavy atom. The molecule has 7 nitrogen and oxygen atoms in total. The fourth-order valence-corrected chi connectivity index (χ4v) is 2.48. The molecule has 2 aromatic carbocycles. The summed E-state index contributed by atoms with van der Waals surface area (Å²) in [7, 11) is 0. The van der Waals surface area contributed by atoms with Gasteiger partial charge in [0, 0.05) is 17.7 Å². The lowest BCUT2D eigenvalue weighted by molar-refractivity contribution is -0.137. The zero-order chi connectivity index (χ0) is 21.7. The molecule has 2 N–H and O–H groups in total. The zero-order valence-corrected chi connectivity index (χ0v) is 15.8. The van der Waals surface area contributed by atoms with Crippen LogP contribution in [0.5, 0.6) is 5.75 Å². The Balaban J connectivity index is 1.46. The second kappa shape index (κ2) is 8.95. The molecule has 10 heteroatoms. The Morgan fingerprint density at radius 2 is 1.83 bits per heavy atom. The fourth-order valence-electron chi connectivity index (χ4n) is 2.48. The van der Waals surface area contributed by atoms with Crippen molar-refractivity contribution in [3.05, 3.63) is 65.5 Å². The SMILES string of the molecule is Cc1noc(-c2ccc(C(=O)NCC(O)COc3ccc(C(F)(F)F)cc3)cc2)n1. The van der Waals surface area contributed by atoms with Gasteiger partial charge in [-0.05, 0) is 55.5 Å². The van der Waals surface area contributed by atoms with E-state index in [1.807, 2.05) is 0 Å². The molecular formula is C20H18F3N3O4. The maximum atomic E-state index is 12.5. The van der Waals surface area contributed by atoms with Crippen molar-refractivity contribution in [1.82, 2.24) is 15.5 Å². The topological polar surface area (TPSA) is 97.5 Å². The van der Waals surface area contributed by atoms with Crippen LogP contribution in [0.3, 0.4) is 0 Å². The number of aromatic nitrogens is 2. The van der Waals surface area contributed by atoms with Gasteiger partial charge in [0.2, 0.25) is 0 Å². The summed E-state index contributed by atoms with van der Waals surface area (Å²) >= 11 is 0. The number of aryl methyl sites for hydroxylation is 1. The van der Waals surface area contributed by atoms with Crippen molar-refractivity contribution in [2.45, 2.75) is 19.2 Å². The van der Waals surface area contributed by atoms with Crippen molar-refractivity contribution in [3.63, 3.8) is 0 Å². The van der Waals surface area contributed by atoms with Crippen LogP contribution in [0.4, 0.5) is 13.2 Å². The van der Waals surface area contributed by atoms with Crippen LogP contribution in [0.15, 0.2) is 53.1 Å². The maximum absolute atomic E-state index is 12.5. The number of rotatable bonds is 7. The number of nitrogens with one attached hydrogen (secondary N) is 1. The van der Waals surface area contributed by atoms with E-state index in [1.54, 1.807) is 31.2 Å². The first-order chi connectivity index (χ1) is 14.2. The molecule has 3 rings (SSSR count). The Hall–Kier alpha value is -3.40. The van der Waals surface area contributed by atoms with Crippen LogP contribution < -0.4 is 10.1 Å². The Bertz CT molecular complexity index is 986. The van der Waals surface area contributed by atoms with Gasteiger partial charge in [0.15, 0.2) is 5.82 Å². The average Bonchev–Trinajstić information content (AvgIpc) is 3.16. The number of ether oxygens (including phenoxy) is 1. The van der Waals surface area contributed by atoms with Crippen molar-refractivity contribution in [2.75, 3.05) is 13.2 Å². The molecule has 0 fully saturated rings. The third-order valence-corrected chi connectivity index (χ3v) is 4.04. The minimum Gasteiger partial charge on any atom is -0.491 e. The van der Waals surface area contributed by atoms with Gasteiger partial charge in [-0.15, -0.1) is 0 Å². The van der Waals surface area contributed by atoms with Gasteiger partial charge < -0.3 is 19.7 Å². The first-order valence-corrected chi connectivity index (χ1v) is 8.89. The molecule has 1 heterocycles. The van der Waals surface area contributed by atoms with E-state index in [2.05, 4.69) is 15.5 Å². The second-order valence-electron chi connectivity index (χ2n) is 6.42. The molecule has 1 unspecified atom stereocenters. The standard InChI is InChI=1S/C20H18F3N3O4/c1-12-25-19(30-26-12)14-4-2-13(3-5-14)18(28)24-10-16(27)11-29-17-8-6-15(7-9-17)20(21,22)23/h2-9,16,27H,10-11H2,1H3,(H,24,28). The molecule has 0 radical (unpaired) electrons. The number of amides is 1. The van der Waals surface area contributed by atoms with E-state index in [4.69, 9.17) is 9.26 Å². The zero-order valence-electron chi connectivity index (χ0n) is 15.8. The number of benzene rings is 2. The van der Waals surface area contributed by atoms with E-state index in [-0.39, 0.29) is 18.9 Å². The lowest BCUT2D eigenvalue weighted by Gasteiger charge is -2.14. The van der Waals surface area contributed by atoms with Crippen LogP contribution in [-0.2, 0) is 6.18 Å². The molecule has 158 valence electrons. The number of carbonyl (C=O) groups is 1. The molecule has 0 spiro atoms. The van der Waals surface area contributed by atoms with Crippen LogP contribution >= 0.6 is 0 Å². The molecule has 0 saturated carbocycles. The third-order valence-electron chi connectivity index (χ3n) is 4.04. The highest BCUT2D eigenvalue weighted by molar-refractivity contribution is 5.94. The fraction of sp³-hybridized carbons (Fsp3) is 0.250. The second-order valence-corrected chi connectivity index (χ2v) is 6.42. The molecule has 1 atom stereocenters. The number of hydrogen-bond donors (Lipinski definition) is 2. The third kappa shape index (κ3) is 5.57. The number of carbonyl (C=O) groups excluding carboxylic acids is 1. The highest BCUT2D eigenvalue weighted by Gasteiger charge is 2.30. The van der Waals surface area contributed by atoms with Crippen molar-refractivity contribution in [1.29, 1.82) is 0 Å². The minimum atomic E-state index is -4.43. The first-order valence-electron chi connectivity index (χ1n) is 8.89. The quantitative estimate of drug-likeness (QED) is 0.608. The summed E-state index contributed by atoms with van der Waals surface area (Å²) in [5, 5.41) is 16.2. The van der Waals surface area contributed by atoms with Gasteiger partial charge in [0.25, 0.3) is 11.8 Å². The van der Waals surface area contributed by atoms with Crippen molar-refractivity contribution >= 4 is 5.91 Å². The molecule has 30 heavy (non-hydrogen) atoms. The number of nitrogens with zero attached hydrogens (tertiary/aromatic N) is 2. The van der Waals surface area contributed by atoms with Crippen LogP contribution in [0.25, 0.3) is 11.5 Å². The summed E-state index contributed by atoms with van der Waals surface area (Å²) < 4.78 is 47.9. The van der Waals surface area contributed by atoms with Crippen molar-refractivity contribution in [2.24, 2.45) is 0 Å². The molecule has 3 aromatic rings. The van der Waals surface area contributed by atoms with Gasteiger partial charge >= 0.3 is 6.18 Å². The van der Waals surface area contributed by atoms with Crippen LogP contribution in [0.1, 0.15) is 21.7 Å². The summed E-state index contributed by atoms with van der Waals surface area (Å²) in [6.45, 7) is 1.41. The van der Waals surface area contributed by atoms with E-state index in [1.165, 1.54) is 12.1 Å². The normalized spacial score (nSPS) is 12.4. The monoisotopic (exact) mass is 421 g/mol. The summed E-state index contributed by atoms with van der Waals surface area (Å²) in [6.07, 6.45) is -5.47. The number of alkyl halides is 3. The van der Waals surface area contributed by atoms with Gasteiger partial charge in [0.05, 0.1) is 5.56 Å². The van der Waals surface area contributed by atoms with Gasteiger partial charge in [0.1, 0.15) is 18.5 Å². The highest BCUT2D eigenvalue weighted by Crippen LogP contribution is 2.30. The number of halogens is 3. The molecule has 1 aromatic heterocycles. The summed E-state index contributed by atoms with van der Waals surface area (Å²) in [5.74, 6) is 0.617. The largest absolute Gasteiger partial charge is 0.491 e.